The van der Waals surface area contributed by atoms with Crippen LogP contribution in [-0.2, 0) is 17.1 Å². The summed E-state index contributed by atoms with van der Waals surface area (Å²) in [6, 6.07) is 17.7. The van der Waals surface area contributed by atoms with Crippen molar-refractivity contribution in [3.8, 4) is 0 Å². The van der Waals surface area contributed by atoms with Gasteiger partial charge in [-0.3, -0.25) is 0 Å². The van der Waals surface area contributed by atoms with Crippen LogP contribution < -0.4 is 0 Å². The van der Waals surface area contributed by atoms with Gasteiger partial charge in [0.05, 0.1) is 11.4 Å². The summed E-state index contributed by atoms with van der Waals surface area (Å²) in [7, 11) is -10.7. The topological polar surface area (TPSA) is 24.7 Å². The van der Waals surface area contributed by atoms with Crippen LogP contribution in [0.4, 0.5) is 36.6 Å². The summed E-state index contributed by atoms with van der Waals surface area (Å²) in [5.41, 5.74) is 2.93. The molecule has 3 rings (SSSR count). The summed E-state index contributed by atoms with van der Waals surface area (Å²) in [6.07, 6.45) is 10.0. The van der Waals surface area contributed by atoms with E-state index in [1.165, 1.54) is 0 Å². The number of rotatable bonds is 2. The van der Waals surface area contributed by atoms with Gasteiger partial charge >= 0.3 is 50.1 Å². The summed E-state index contributed by atoms with van der Waals surface area (Å²) >= 11 is 0. The second-order valence-corrected chi connectivity index (χ2v) is 7.16. The van der Waals surface area contributed by atoms with E-state index in [-0.39, 0.29) is 17.1 Å². The van der Waals surface area contributed by atoms with Crippen molar-refractivity contribution >= 4 is 19.2 Å². The number of aryl methyl sites for hydroxylation is 1. The van der Waals surface area contributed by atoms with Gasteiger partial charge in [0.1, 0.15) is 0 Å². The number of hydrogen-bond donors (Lipinski definition) is 0. The Bertz CT molecular complexity index is 713. The second kappa shape index (κ2) is 10.4. The molecule has 0 unspecified atom stereocenters. The molecule has 153 valence electrons. The number of azo groups is 1. The molecule has 0 aliphatic heterocycles. The van der Waals surface area contributed by atoms with Gasteiger partial charge in [-0.05, 0) is 62.8 Å². The van der Waals surface area contributed by atoms with Gasteiger partial charge in [0.2, 0.25) is 0 Å². The van der Waals surface area contributed by atoms with Crippen LogP contribution in [0.1, 0.15) is 5.56 Å². The Morgan fingerprint density at radius 1 is 0.607 bits per heavy atom. The average molecular weight is 462 g/mol. The van der Waals surface area contributed by atoms with Crippen LogP contribution in [0.3, 0.4) is 0 Å². The van der Waals surface area contributed by atoms with Crippen LogP contribution in [0, 0.1) is 39.0 Å². The van der Waals surface area contributed by atoms with E-state index in [1.54, 1.807) is 0 Å². The van der Waals surface area contributed by atoms with Gasteiger partial charge in [-0.15, -0.1) is 0 Å². The minimum absolute atomic E-state index is 0. The summed E-state index contributed by atoms with van der Waals surface area (Å²) in [5, 5.41) is 8.36. The first-order valence-corrected chi connectivity index (χ1v) is 9.59. The zero-order valence-corrected chi connectivity index (χ0v) is 16.5. The molecule has 2 aromatic carbocycles. The van der Waals surface area contributed by atoms with E-state index in [1.807, 2.05) is 93.6 Å². The summed E-state index contributed by atoms with van der Waals surface area (Å²) in [4.78, 5) is 0. The smallest absolute Gasteiger partial charge is 0.0312 e. The van der Waals surface area contributed by atoms with Gasteiger partial charge in [-0.25, -0.2) is 0 Å². The van der Waals surface area contributed by atoms with Crippen molar-refractivity contribution in [1.29, 1.82) is 0 Å². The first-order valence-electron chi connectivity index (χ1n) is 7.57. The molecule has 0 bridgehead atoms. The SMILES string of the molecule is Cc1ccccc1N=Nc1ccccc1.F[P-](F)(F)(F)(F)F.[CH]1[CH][CH][CH][CH]1.[Fe+2]. The fraction of sp³-hybridized carbons (Fsp3) is 0.0556. The average Bonchev–Trinajstić information content (AvgIpc) is 3.12. The van der Waals surface area contributed by atoms with Crippen molar-refractivity contribution in [3.05, 3.63) is 92.3 Å². The maximum Gasteiger partial charge on any atom is 2.00 e. The van der Waals surface area contributed by atoms with Crippen molar-refractivity contribution in [2.24, 2.45) is 10.2 Å². The molecule has 10 heteroatoms. The second-order valence-electron chi connectivity index (χ2n) is 5.24. The molecule has 0 aromatic heterocycles. The molecule has 1 aliphatic rings. The Balaban J connectivity index is 0.000000468. The molecule has 1 saturated carbocycles. The molecule has 1 fully saturated rings. The van der Waals surface area contributed by atoms with E-state index in [4.69, 9.17) is 0 Å². The molecule has 0 amide bonds. The van der Waals surface area contributed by atoms with E-state index < -0.39 is 7.81 Å². The molecule has 0 heterocycles. The first-order chi connectivity index (χ1) is 12.3. The predicted octanol–water partition coefficient (Wildman–Crippen LogP) is 8.81. The zero-order chi connectivity index (χ0) is 20.5. The molecule has 0 atom stereocenters. The Kier molecular flexibility index (Phi) is 9.85. The van der Waals surface area contributed by atoms with Crippen LogP contribution in [0.25, 0.3) is 0 Å². The largest absolute Gasteiger partial charge is 2.00 e. The quantitative estimate of drug-likeness (QED) is 0.184. The predicted molar refractivity (Wildman–Crippen MR) is 96.9 cm³/mol. The third kappa shape index (κ3) is 18.0. The Hall–Kier alpha value is -1.43. The standard InChI is InChI=1S/C13H12N2.C5H5.F6P.Fe/c1-11-7-5-6-10-13(11)15-14-12-8-3-2-4-9-12;1-2-4-5-3-1;1-7(2,3,4,5)6;/h2-10H,1H3;1-5H;;/q;;-1;+2. The van der Waals surface area contributed by atoms with Crippen LogP contribution in [0.2, 0.25) is 0 Å². The number of nitrogens with zero attached hydrogens (tertiary/aromatic N) is 2. The number of halogens is 6. The van der Waals surface area contributed by atoms with E-state index in [0.717, 1.165) is 16.9 Å². The fourth-order valence-corrected chi connectivity index (χ4v) is 1.60. The van der Waals surface area contributed by atoms with Crippen molar-refractivity contribution < 1.29 is 42.3 Å². The van der Waals surface area contributed by atoms with Crippen molar-refractivity contribution in [2.45, 2.75) is 6.92 Å². The van der Waals surface area contributed by atoms with Crippen LogP contribution >= 0.6 is 7.81 Å². The Labute approximate surface area is 171 Å². The normalized spacial score (nSPS) is 15.8. The molecular weight excluding hydrogens is 445 g/mol. The van der Waals surface area contributed by atoms with Crippen molar-refractivity contribution in [3.63, 3.8) is 0 Å². The molecule has 5 radical (unpaired) electrons. The van der Waals surface area contributed by atoms with Gasteiger partial charge < -0.3 is 0 Å². The van der Waals surface area contributed by atoms with Crippen LogP contribution in [0.15, 0.2) is 64.8 Å². The fourth-order valence-electron chi connectivity index (χ4n) is 1.60. The van der Waals surface area contributed by atoms with Gasteiger partial charge in [0.15, 0.2) is 0 Å². The number of hydrogen-bond acceptors (Lipinski definition) is 2. The third-order valence-corrected chi connectivity index (χ3v) is 2.70. The van der Waals surface area contributed by atoms with Gasteiger partial charge in [-0.2, -0.15) is 10.2 Å². The molecule has 0 saturated heterocycles. The van der Waals surface area contributed by atoms with Crippen LogP contribution in [0.5, 0.6) is 0 Å². The number of benzene rings is 2. The van der Waals surface area contributed by atoms with Crippen molar-refractivity contribution in [1.82, 2.24) is 0 Å². The summed E-state index contributed by atoms with van der Waals surface area (Å²) in [6.45, 7) is 2.03. The van der Waals surface area contributed by atoms with Crippen molar-refractivity contribution in [2.75, 3.05) is 0 Å². The van der Waals surface area contributed by atoms with E-state index in [9.17, 15) is 25.2 Å². The molecular formula is C18H17F6FeN2P+. The molecule has 0 spiro atoms. The maximum absolute atomic E-state index is 10.7. The Morgan fingerprint density at radius 3 is 1.43 bits per heavy atom. The van der Waals surface area contributed by atoms with E-state index in [2.05, 4.69) is 10.2 Å². The van der Waals surface area contributed by atoms with Gasteiger partial charge in [0, 0.05) is 0 Å². The molecule has 1 aliphatic carbocycles. The Morgan fingerprint density at radius 2 is 1.00 bits per heavy atom. The van der Waals surface area contributed by atoms with Gasteiger partial charge in [-0.1, -0.05) is 36.4 Å². The first kappa shape index (κ1) is 26.6. The van der Waals surface area contributed by atoms with Gasteiger partial charge in [0.25, 0.3) is 0 Å². The van der Waals surface area contributed by atoms with Crippen LogP contribution in [-0.4, -0.2) is 0 Å². The monoisotopic (exact) mass is 462 g/mol. The minimum atomic E-state index is -10.7. The zero-order valence-electron chi connectivity index (χ0n) is 14.5. The third-order valence-electron chi connectivity index (χ3n) is 2.70. The molecule has 0 N–H and O–H groups in total. The molecule has 2 nitrogen and oxygen atoms in total. The minimum Gasteiger partial charge on any atom is -0.0312 e. The molecule has 28 heavy (non-hydrogen) atoms. The summed E-state index contributed by atoms with van der Waals surface area (Å²) < 4.78 is 59.2. The molecule has 2 aromatic rings. The summed E-state index contributed by atoms with van der Waals surface area (Å²) in [5.74, 6) is 0. The maximum atomic E-state index is 9.87. The van der Waals surface area contributed by atoms with E-state index in [0.29, 0.717) is 0 Å². The van der Waals surface area contributed by atoms with E-state index >= 15 is 0 Å².